The van der Waals surface area contributed by atoms with Crippen LogP contribution in [0.2, 0.25) is 0 Å². The van der Waals surface area contributed by atoms with Gasteiger partial charge in [-0.3, -0.25) is 9.69 Å². The number of methoxy groups -OCH3 is 1. The zero-order chi connectivity index (χ0) is 18.3. The summed E-state index contributed by atoms with van der Waals surface area (Å²) in [5, 5.41) is 3.41. The Balaban J connectivity index is 2.00. The lowest BCUT2D eigenvalue weighted by Gasteiger charge is -2.25. The molecule has 0 unspecified atom stereocenters. The van der Waals surface area contributed by atoms with Gasteiger partial charge in [-0.2, -0.15) is 0 Å². The van der Waals surface area contributed by atoms with E-state index in [1.54, 1.807) is 12.0 Å². The maximum Gasteiger partial charge on any atom is 0.265 e. The molecule has 1 aliphatic rings. The minimum Gasteiger partial charge on any atom is -0.497 e. The fourth-order valence-corrected chi connectivity index (χ4v) is 3.31. The van der Waals surface area contributed by atoms with Crippen LogP contribution >= 0.6 is 0 Å². The van der Waals surface area contributed by atoms with Gasteiger partial charge in [-0.25, -0.2) is 0 Å². The van der Waals surface area contributed by atoms with Crippen LogP contribution in [0.5, 0.6) is 5.75 Å². The summed E-state index contributed by atoms with van der Waals surface area (Å²) >= 11 is 0. The van der Waals surface area contributed by atoms with E-state index >= 15 is 0 Å². The lowest BCUT2D eigenvalue weighted by atomic mass is 10.1. The Bertz CT molecular complexity index is 1010. The zero-order valence-corrected chi connectivity index (χ0v) is 15.0. The smallest absolute Gasteiger partial charge is 0.265 e. The molecule has 0 bridgehead atoms. The summed E-state index contributed by atoms with van der Waals surface area (Å²) in [5.41, 5.74) is 6.06. The van der Waals surface area contributed by atoms with Crippen LogP contribution in [-0.4, -0.2) is 13.0 Å². The number of rotatable bonds is 2. The highest BCUT2D eigenvalue weighted by atomic mass is 16.5. The van der Waals surface area contributed by atoms with E-state index in [1.807, 2.05) is 74.5 Å². The van der Waals surface area contributed by atoms with Crippen LogP contribution in [0.25, 0.3) is 0 Å². The predicted molar refractivity (Wildman–Crippen MR) is 105 cm³/mol. The van der Waals surface area contributed by atoms with Crippen molar-refractivity contribution in [3.8, 4) is 5.75 Å². The van der Waals surface area contributed by atoms with Crippen molar-refractivity contribution in [2.75, 3.05) is 17.3 Å². The molecule has 0 spiro atoms. The van der Waals surface area contributed by atoms with Crippen molar-refractivity contribution >= 4 is 28.7 Å². The second-order valence-electron chi connectivity index (χ2n) is 6.48. The largest absolute Gasteiger partial charge is 0.497 e. The van der Waals surface area contributed by atoms with Gasteiger partial charge in [0.25, 0.3) is 5.91 Å². The molecule has 1 N–H and O–H groups in total. The van der Waals surface area contributed by atoms with Gasteiger partial charge in [0.2, 0.25) is 0 Å². The number of hydrogen-bond acceptors (Lipinski definition) is 3. The molecule has 1 aliphatic heterocycles. The normalized spacial score (nSPS) is 12.7. The number of carbonyl (C=O) groups excluding carboxylic acids is 1. The first-order chi connectivity index (χ1) is 12.6. The van der Waals surface area contributed by atoms with E-state index in [2.05, 4.69) is 5.32 Å². The van der Waals surface area contributed by atoms with E-state index < -0.39 is 0 Å². The summed E-state index contributed by atoms with van der Waals surface area (Å²) in [4.78, 5) is 15.3. The molecule has 4 heteroatoms. The molecule has 0 saturated heterocycles. The Morgan fingerprint density at radius 1 is 0.885 bits per heavy atom. The van der Waals surface area contributed by atoms with Crippen LogP contribution in [0, 0.1) is 13.8 Å². The molecule has 1 heterocycles. The molecular formula is C22H20N2O2. The van der Waals surface area contributed by atoms with Crippen molar-refractivity contribution < 1.29 is 9.53 Å². The van der Waals surface area contributed by atoms with Crippen LogP contribution in [0.4, 0.5) is 22.7 Å². The number of aryl methyl sites for hydroxylation is 2. The zero-order valence-electron chi connectivity index (χ0n) is 15.0. The SMILES string of the molecule is COc1ccc2c(c1)Nc1ccc(C)cc1C(=O)N2c1ccccc1C. The van der Waals surface area contributed by atoms with E-state index in [1.165, 1.54) is 0 Å². The van der Waals surface area contributed by atoms with Gasteiger partial charge in [-0.15, -0.1) is 0 Å². The van der Waals surface area contributed by atoms with Crippen molar-refractivity contribution in [2.45, 2.75) is 13.8 Å². The molecule has 0 fully saturated rings. The monoisotopic (exact) mass is 344 g/mol. The van der Waals surface area contributed by atoms with Crippen molar-refractivity contribution in [1.82, 2.24) is 0 Å². The third kappa shape index (κ3) is 2.60. The second-order valence-corrected chi connectivity index (χ2v) is 6.48. The number of fused-ring (bicyclic) bond motifs is 2. The number of nitrogens with zero attached hydrogens (tertiary/aromatic N) is 1. The maximum atomic E-state index is 13.5. The van der Waals surface area contributed by atoms with Crippen LogP contribution in [0.3, 0.4) is 0 Å². The Labute approximate surface area is 153 Å². The number of nitrogens with one attached hydrogen (secondary N) is 1. The summed E-state index contributed by atoms with van der Waals surface area (Å²) in [6.45, 7) is 4.01. The molecule has 130 valence electrons. The predicted octanol–water partition coefficient (Wildman–Crippen LogP) is 5.35. The fraction of sp³-hybridized carbons (Fsp3) is 0.136. The highest BCUT2D eigenvalue weighted by Gasteiger charge is 2.29. The van der Waals surface area contributed by atoms with Gasteiger partial charge in [-0.1, -0.05) is 29.8 Å². The Kier molecular flexibility index (Phi) is 3.88. The van der Waals surface area contributed by atoms with Crippen LogP contribution < -0.4 is 15.0 Å². The number of para-hydroxylation sites is 1. The standard InChI is InChI=1S/C22H20N2O2/c1-14-8-10-18-17(12-14)22(25)24(20-7-5-4-6-15(20)2)21-11-9-16(26-3)13-19(21)23-18/h4-13,23H,1-3H3. The lowest BCUT2D eigenvalue weighted by molar-refractivity contribution is 0.100. The summed E-state index contributed by atoms with van der Waals surface area (Å²) in [5.74, 6) is 0.693. The first kappa shape index (κ1) is 16.2. The number of ether oxygens (including phenoxy) is 1. The molecule has 0 aliphatic carbocycles. The van der Waals surface area contributed by atoms with Crippen molar-refractivity contribution in [3.63, 3.8) is 0 Å². The molecule has 0 radical (unpaired) electrons. The van der Waals surface area contributed by atoms with Crippen LogP contribution in [0.15, 0.2) is 60.7 Å². The van der Waals surface area contributed by atoms with Gasteiger partial charge in [0.05, 0.1) is 35.4 Å². The Morgan fingerprint density at radius 2 is 1.69 bits per heavy atom. The van der Waals surface area contributed by atoms with Gasteiger partial charge < -0.3 is 10.1 Å². The third-order valence-electron chi connectivity index (χ3n) is 4.68. The van der Waals surface area contributed by atoms with Gasteiger partial charge >= 0.3 is 0 Å². The number of carbonyl (C=O) groups is 1. The highest BCUT2D eigenvalue weighted by Crippen LogP contribution is 2.42. The van der Waals surface area contributed by atoms with Gasteiger partial charge in [0.1, 0.15) is 5.75 Å². The molecule has 0 atom stereocenters. The lowest BCUT2D eigenvalue weighted by Crippen LogP contribution is -2.26. The molecular weight excluding hydrogens is 324 g/mol. The topological polar surface area (TPSA) is 41.6 Å². The first-order valence-corrected chi connectivity index (χ1v) is 8.54. The average Bonchev–Trinajstić information content (AvgIpc) is 2.76. The van der Waals surface area contributed by atoms with Gasteiger partial charge in [-0.05, 0) is 49.7 Å². The molecule has 0 aromatic heterocycles. The van der Waals surface area contributed by atoms with Crippen LogP contribution in [-0.2, 0) is 0 Å². The number of benzene rings is 3. The Hall–Kier alpha value is -3.27. The molecule has 3 aromatic carbocycles. The molecule has 4 nitrogen and oxygen atoms in total. The van der Waals surface area contributed by atoms with E-state index in [-0.39, 0.29) is 5.91 Å². The van der Waals surface area contributed by atoms with Crippen molar-refractivity contribution in [2.24, 2.45) is 0 Å². The summed E-state index contributed by atoms with van der Waals surface area (Å²) in [7, 11) is 1.64. The Morgan fingerprint density at radius 3 is 2.46 bits per heavy atom. The quantitative estimate of drug-likeness (QED) is 0.681. The summed E-state index contributed by atoms with van der Waals surface area (Å²) < 4.78 is 5.38. The van der Waals surface area contributed by atoms with E-state index in [4.69, 9.17) is 4.74 Å². The molecule has 1 amide bonds. The van der Waals surface area contributed by atoms with Crippen molar-refractivity contribution in [1.29, 1.82) is 0 Å². The van der Waals surface area contributed by atoms with Gasteiger partial charge in [0, 0.05) is 6.07 Å². The number of hydrogen-bond donors (Lipinski definition) is 1. The second kappa shape index (κ2) is 6.23. The average molecular weight is 344 g/mol. The molecule has 4 rings (SSSR count). The maximum absolute atomic E-state index is 13.5. The first-order valence-electron chi connectivity index (χ1n) is 8.54. The minimum atomic E-state index is -0.0468. The minimum absolute atomic E-state index is 0.0468. The highest BCUT2D eigenvalue weighted by molar-refractivity contribution is 6.17. The van der Waals surface area contributed by atoms with E-state index in [0.717, 1.165) is 39.6 Å². The molecule has 0 saturated carbocycles. The summed E-state index contributed by atoms with van der Waals surface area (Å²) in [6.07, 6.45) is 0. The molecule has 3 aromatic rings. The third-order valence-corrected chi connectivity index (χ3v) is 4.68. The van der Waals surface area contributed by atoms with Crippen LogP contribution in [0.1, 0.15) is 21.5 Å². The van der Waals surface area contributed by atoms with Gasteiger partial charge in [0.15, 0.2) is 0 Å². The number of anilines is 4. The summed E-state index contributed by atoms with van der Waals surface area (Å²) in [6, 6.07) is 19.5. The fourth-order valence-electron chi connectivity index (χ4n) is 3.31. The van der Waals surface area contributed by atoms with E-state index in [9.17, 15) is 4.79 Å². The number of amides is 1. The molecule has 26 heavy (non-hydrogen) atoms. The van der Waals surface area contributed by atoms with Crippen molar-refractivity contribution in [3.05, 3.63) is 77.4 Å². The van der Waals surface area contributed by atoms with E-state index in [0.29, 0.717) is 5.56 Å².